The summed E-state index contributed by atoms with van der Waals surface area (Å²) in [7, 11) is 0. The van der Waals surface area contributed by atoms with Crippen LogP contribution in [0.4, 0.5) is 0 Å². The second-order valence-electron chi connectivity index (χ2n) is 15.3. The molecule has 0 aromatic heterocycles. The van der Waals surface area contributed by atoms with Crippen molar-refractivity contribution in [1.82, 2.24) is 0 Å². The first-order chi connectivity index (χ1) is 28.6. The van der Waals surface area contributed by atoms with Crippen LogP contribution in [0.1, 0.15) is 76.6 Å². The lowest BCUT2D eigenvalue weighted by atomic mass is 9.71. The van der Waals surface area contributed by atoms with E-state index in [1.165, 1.54) is 0 Å². The standard InChI is InChI=1S/C52H56Cl2O5/c1-7-51(5,39-27-29-47(55-9-3)45(53)35-39)49(33-37-19-17-25-43(31-37)57-41-21-13-11-14-22-41)59-50(52(6,8-2)40-28-30-48(56-10-4)46(54)36-40)34-38-20-18-26-44(32-38)58-42-23-15-12-16-24-42/h11-32,35-36,49-50H,7-10,33-34H2,1-6H3. The van der Waals surface area contributed by atoms with Gasteiger partial charge in [0.15, 0.2) is 0 Å². The number of para-hydroxylation sites is 2. The van der Waals surface area contributed by atoms with Crippen LogP contribution in [-0.2, 0) is 28.4 Å². The minimum absolute atomic E-state index is 0.314. The molecule has 6 aromatic rings. The van der Waals surface area contributed by atoms with Crippen molar-refractivity contribution < 1.29 is 23.7 Å². The summed E-state index contributed by atoms with van der Waals surface area (Å²) in [6.45, 7) is 14.0. The van der Waals surface area contributed by atoms with Gasteiger partial charge in [0, 0.05) is 10.8 Å². The van der Waals surface area contributed by atoms with Crippen LogP contribution < -0.4 is 18.9 Å². The maximum absolute atomic E-state index is 7.80. The Morgan fingerprint density at radius 1 is 0.458 bits per heavy atom. The van der Waals surface area contributed by atoms with Gasteiger partial charge in [-0.15, -0.1) is 0 Å². The lowest BCUT2D eigenvalue weighted by Crippen LogP contribution is -2.48. The molecule has 6 aromatic carbocycles. The number of hydrogen-bond acceptors (Lipinski definition) is 5. The molecule has 0 spiro atoms. The Bertz CT molecular complexity index is 2090. The minimum atomic E-state index is -0.480. The van der Waals surface area contributed by atoms with Crippen LogP contribution in [0.5, 0.6) is 34.5 Å². The highest BCUT2D eigenvalue weighted by Crippen LogP contribution is 2.44. The van der Waals surface area contributed by atoms with E-state index in [0.717, 1.165) is 58.1 Å². The number of ether oxygens (including phenoxy) is 5. The molecule has 0 saturated carbocycles. The minimum Gasteiger partial charge on any atom is -0.492 e. The van der Waals surface area contributed by atoms with Crippen molar-refractivity contribution in [2.75, 3.05) is 13.2 Å². The summed E-state index contributed by atoms with van der Waals surface area (Å²) in [6.07, 6.45) is 2.16. The molecule has 0 radical (unpaired) electrons. The summed E-state index contributed by atoms with van der Waals surface area (Å²) >= 11 is 13.9. The van der Waals surface area contributed by atoms with Crippen molar-refractivity contribution in [1.29, 1.82) is 0 Å². The quantitative estimate of drug-likeness (QED) is 0.0767. The molecular weight excluding hydrogens is 775 g/mol. The van der Waals surface area contributed by atoms with Gasteiger partial charge < -0.3 is 23.7 Å². The van der Waals surface area contributed by atoms with Crippen LogP contribution in [0.25, 0.3) is 0 Å². The van der Waals surface area contributed by atoms with Crippen LogP contribution in [0, 0.1) is 0 Å². The van der Waals surface area contributed by atoms with Crippen LogP contribution in [-0.4, -0.2) is 25.4 Å². The van der Waals surface area contributed by atoms with E-state index in [-0.39, 0.29) is 12.2 Å². The topological polar surface area (TPSA) is 46.2 Å². The molecule has 0 aliphatic carbocycles. The van der Waals surface area contributed by atoms with Gasteiger partial charge in [0.1, 0.15) is 34.5 Å². The monoisotopic (exact) mass is 830 g/mol. The number of rotatable bonds is 20. The molecule has 59 heavy (non-hydrogen) atoms. The lowest BCUT2D eigenvalue weighted by molar-refractivity contribution is -0.0840. The third-order valence-corrected chi connectivity index (χ3v) is 12.2. The zero-order chi connectivity index (χ0) is 41.8. The van der Waals surface area contributed by atoms with Gasteiger partial charge in [0.25, 0.3) is 0 Å². The molecule has 0 fully saturated rings. The first kappa shape index (κ1) is 43.6. The molecule has 308 valence electrons. The normalized spacial score (nSPS) is 14.4. The fraction of sp³-hybridized carbons (Fsp3) is 0.308. The lowest BCUT2D eigenvalue weighted by Gasteiger charge is -2.45. The molecule has 7 heteroatoms. The Morgan fingerprint density at radius 3 is 1.20 bits per heavy atom. The zero-order valence-corrected chi connectivity index (χ0v) is 36.6. The zero-order valence-electron chi connectivity index (χ0n) is 35.1. The molecule has 4 unspecified atom stereocenters. The molecule has 0 aliphatic rings. The summed E-state index contributed by atoms with van der Waals surface area (Å²) in [4.78, 5) is 0. The van der Waals surface area contributed by atoms with Gasteiger partial charge in [0.2, 0.25) is 0 Å². The summed E-state index contributed by atoms with van der Waals surface area (Å²) in [6, 6.07) is 48.7. The predicted molar refractivity (Wildman–Crippen MR) is 243 cm³/mol. The molecule has 0 N–H and O–H groups in total. The highest BCUT2D eigenvalue weighted by atomic mass is 35.5. The molecule has 0 amide bonds. The van der Waals surface area contributed by atoms with Crippen LogP contribution in [0.15, 0.2) is 146 Å². The van der Waals surface area contributed by atoms with Crippen molar-refractivity contribution >= 4 is 23.2 Å². The van der Waals surface area contributed by atoms with Crippen molar-refractivity contribution in [2.24, 2.45) is 0 Å². The van der Waals surface area contributed by atoms with E-state index in [9.17, 15) is 0 Å². The highest BCUT2D eigenvalue weighted by molar-refractivity contribution is 6.32. The van der Waals surface area contributed by atoms with E-state index in [0.29, 0.717) is 47.6 Å². The summed E-state index contributed by atoms with van der Waals surface area (Å²) in [5.74, 6) is 4.44. The van der Waals surface area contributed by atoms with Crippen LogP contribution >= 0.6 is 23.2 Å². The fourth-order valence-electron chi connectivity index (χ4n) is 7.69. The van der Waals surface area contributed by atoms with Gasteiger partial charge in [-0.1, -0.05) is 124 Å². The van der Waals surface area contributed by atoms with Gasteiger partial charge in [-0.05, 0) is 135 Å². The van der Waals surface area contributed by atoms with Crippen molar-refractivity contribution in [3.8, 4) is 34.5 Å². The van der Waals surface area contributed by atoms with Gasteiger partial charge >= 0.3 is 0 Å². The van der Waals surface area contributed by atoms with E-state index >= 15 is 0 Å². The SMILES string of the molecule is CCOc1ccc(C(C)(CC)C(Cc2cccc(Oc3ccccc3)c2)OC(Cc2cccc(Oc3ccccc3)c2)C(C)(CC)c2ccc(OCC)c(Cl)c2)cc1Cl. The maximum Gasteiger partial charge on any atom is 0.137 e. The Kier molecular flexibility index (Phi) is 15.1. The molecule has 6 rings (SSSR count). The fourth-order valence-corrected chi connectivity index (χ4v) is 8.16. The van der Waals surface area contributed by atoms with E-state index in [4.69, 9.17) is 46.9 Å². The van der Waals surface area contributed by atoms with E-state index < -0.39 is 10.8 Å². The van der Waals surface area contributed by atoms with Gasteiger partial charge in [-0.3, -0.25) is 0 Å². The Morgan fingerprint density at radius 2 is 0.847 bits per heavy atom. The summed E-state index contributed by atoms with van der Waals surface area (Å²) < 4.78 is 32.2. The highest BCUT2D eigenvalue weighted by Gasteiger charge is 2.43. The average molecular weight is 832 g/mol. The first-order valence-corrected chi connectivity index (χ1v) is 21.5. The van der Waals surface area contributed by atoms with E-state index in [1.807, 2.05) is 111 Å². The summed E-state index contributed by atoms with van der Waals surface area (Å²) in [5, 5.41) is 1.16. The number of benzene rings is 6. The smallest absolute Gasteiger partial charge is 0.137 e. The number of halogens is 2. The predicted octanol–water partition coefficient (Wildman–Crippen LogP) is 14.7. The average Bonchev–Trinajstić information content (AvgIpc) is 3.25. The molecule has 5 nitrogen and oxygen atoms in total. The Hall–Kier alpha value is -4.94. The van der Waals surface area contributed by atoms with Crippen molar-refractivity contribution in [2.45, 2.75) is 90.3 Å². The Labute approximate surface area is 361 Å². The molecule has 0 heterocycles. The largest absolute Gasteiger partial charge is 0.492 e. The second kappa shape index (κ2) is 20.4. The third kappa shape index (κ3) is 10.8. The van der Waals surface area contributed by atoms with Crippen molar-refractivity contribution in [3.05, 3.63) is 178 Å². The van der Waals surface area contributed by atoms with E-state index in [1.54, 1.807) is 0 Å². The number of hydrogen-bond donors (Lipinski definition) is 0. The molecular formula is C52H56Cl2O5. The third-order valence-electron chi connectivity index (χ3n) is 11.6. The van der Waals surface area contributed by atoms with E-state index in [2.05, 4.69) is 76.2 Å². The first-order valence-electron chi connectivity index (χ1n) is 20.7. The maximum atomic E-state index is 7.80. The van der Waals surface area contributed by atoms with Crippen molar-refractivity contribution in [3.63, 3.8) is 0 Å². The Balaban J connectivity index is 1.46. The van der Waals surface area contributed by atoms with Crippen LogP contribution in [0.3, 0.4) is 0 Å². The molecule has 0 saturated heterocycles. The van der Waals surface area contributed by atoms with Gasteiger partial charge in [-0.2, -0.15) is 0 Å². The van der Waals surface area contributed by atoms with Gasteiger partial charge in [-0.25, -0.2) is 0 Å². The molecule has 0 aliphatic heterocycles. The summed E-state index contributed by atoms with van der Waals surface area (Å²) in [5.41, 5.74) is 3.39. The molecule has 0 bridgehead atoms. The second-order valence-corrected chi connectivity index (χ2v) is 16.2. The van der Waals surface area contributed by atoms with Gasteiger partial charge in [0.05, 0.1) is 35.5 Å². The molecule has 4 atom stereocenters. The van der Waals surface area contributed by atoms with Crippen LogP contribution in [0.2, 0.25) is 10.0 Å².